The largest absolute Gasteiger partial charge is 0.493 e. The molecule has 0 radical (unpaired) electrons. The monoisotopic (exact) mass is 1650 g/mol. The van der Waals surface area contributed by atoms with E-state index in [0.717, 1.165) is 120 Å². The molecule has 0 spiro atoms. The fourth-order valence-electron chi connectivity index (χ4n) is 13.7. The van der Waals surface area contributed by atoms with Crippen LogP contribution in [-0.4, -0.2) is 59.7 Å². The molecule has 0 saturated carbocycles. The van der Waals surface area contributed by atoms with Crippen LogP contribution in [0, 0.1) is 22.5 Å². The fourth-order valence-corrected chi connectivity index (χ4v) is 13.7. The normalized spacial score (nSPS) is 12.2. The molecule has 15 aromatic rings. The molecular weight excluding hydrogens is 1580 g/mol. The zero-order valence-corrected chi connectivity index (χ0v) is 63.0. The summed E-state index contributed by atoms with van der Waals surface area (Å²) < 4.78 is 243. The molecule has 0 atom stereocenters. The number of aromatic nitrogens is 6. The Labute approximate surface area is 677 Å². The Bertz CT molecular complexity index is 5400. The molecule has 0 amide bonds. The average Bonchev–Trinajstić information content (AvgIpc) is 1.56. The van der Waals surface area contributed by atoms with E-state index in [9.17, 15) is 52.7 Å². The van der Waals surface area contributed by atoms with Gasteiger partial charge in [0.1, 0.15) is 102 Å². The molecule has 0 unspecified atom stereocenters. The lowest BCUT2D eigenvalue weighted by atomic mass is 9.91. The lowest BCUT2D eigenvalue weighted by Gasteiger charge is -2.33. The van der Waals surface area contributed by atoms with Gasteiger partial charge in [-0.3, -0.25) is 0 Å². The Morgan fingerprint density at radius 2 is 0.583 bits per heavy atom. The van der Waals surface area contributed by atoms with Crippen LogP contribution in [0.25, 0.3) is 44.3 Å². The molecule has 0 aliphatic rings. The number of rotatable bonds is 30. The Morgan fingerprint density at radius 1 is 0.300 bits per heavy atom. The first kappa shape index (κ1) is 81.2. The third kappa shape index (κ3) is 19.2. The predicted molar refractivity (Wildman–Crippen MR) is 423 cm³/mol. The number of anilines is 6. The summed E-state index contributed by atoms with van der Waals surface area (Å²) in [6, 6.07) is 78.4. The van der Waals surface area contributed by atoms with Crippen LogP contribution >= 0.6 is 0 Å². The number of halogens is 14. The van der Waals surface area contributed by atoms with Crippen molar-refractivity contribution in [3.8, 4) is 56.8 Å². The van der Waals surface area contributed by atoms with Crippen molar-refractivity contribution in [2.75, 3.05) is 49.4 Å². The minimum atomic E-state index is -4.85. The van der Waals surface area contributed by atoms with Crippen LogP contribution in [-0.2, 0) is 37.8 Å². The van der Waals surface area contributed by atoms with E-state index in [1.807, 2.05) is 155 Å². The second-order valence-corrected chi connectivity index (χ2v) is 28.5. The fraction of sp³-hybridized carbons (Fsp3) is 0.152. The minimum Gasteiger partial charge on any atom is -0.493 e. The molecular formula is C92H68F14N8O6. The zero-order valence-electron chi connectivity index (χ0n) is 63.0. The number of nitrogens with zero attached hydrogens (tertiary/aromatic N) is 8. The topological polar surface area (TPSA) is 123 Å². The number of hydrogen-bond donors (Lipinski definition) is 0. The summed E-state index contributed by atoms with van der Waals surface area (Å²) in [6.45, 7) is -4.82. The summed E-state index contributed by atoms with van der Waals surface area (Å²) in [5, 5.41) is 21.3. The third-order valence-electron chi connectivity index (χ3n) is 19.6. The number of fused-ring (bicyclic) bond motifs is 2. The van der Waals surface area contributed by atoms with E-state index in [1.54, 1.807) is 24.3 Å². The van der Waals surface area contributed by atoms with Gasteiger partial charge in [0.25, 0.3) is 0 Å². The van der Waals surface area contributed by atoms with E-state index < -0.39 is 122 Å². The lowest BCUT2D eigenvalue weighted by Crippen LogP contribution is -2.55. The molecule has 0 aliphatic heterocycles. The molecule has 0 N–H and O–H groups in total. The predicted octanol–water partition coefficient (Wildman–Crippen LogP) is 23.3. The van der Waals surface area contributed by atoms with Gasteiger partial charge in [-0.25, -0.2) is 8.78 Å². The van der Waals surface area contributed by atoms with E-state index in [0.29, 0.717) is 22.5 Å². The number of hydrogen-bond acceptors (Lipinski definition) is 11. The summed E-state index contributed by atoms with van der Waals surface area (Å²) >= 11 is 0. The van der Waals surface area contributed by atoms with Crippen molar-refractivity contribution in [2.45, 2.75) is 37.8 Å². The van der Waals surface area contributed by atoms with Gasteiger partial charge in [-0.1, -0.05) is 133 Å². The standard InChI is InChI=1S/C92H68F14N8O6/c93-67-23-17-37-79(51-67)119-59-87(55-115-75-33-13-19-63(47-75)89(95,96)97,56-116-76-34-14-20-64(48-76)90(98,99)100)53-111-107-83-81(61-39-43-73(44-40-61)113(69-25-5-1-6-26-69)70-27-7-2-8-28-70)84-86(82(85(83)109-111)62-41-45-74(46-42-62)114(71-29-9-3-10-30-71)72-31-11-4-12-32-72)110-112(108-84)54-88(60-120-80-38-18-24-68(94)52-80,57-117-77-35-15-21-65(49-77)91(101,102)103)58-118-78-36-16-22-66(50-78)92(104,105)106/h1-52H,53-60H2. The number of alkyl halides is 12. The zero-order chi connectivity index (χ0) is 83.8. The third-order valence-corrected chi connectivity index (χ3v) is 19.6. The van der Waals surface area contributed by atoms with Gasteiger partial charge < -0.3 is 38.2 Å². The second-order valence-electron chi connectivity index (χ2n) is 28.5. The molecule has 28 heteroatoms. The van der Waals surface area contributed by atoms with Crippen molar-refractivity contribution in [2.24, 2.45) is 10.8 Å². The molecule has 610 valence electrons. The summed E-state index contributed by atoms with van der Waals surface area (Å²) in [6.07, 6.45) is -19.4. The van der Waals surface area contributed by atoms with Crippen molar-refractivity contribution in [3.63, 3.8) is 0 Å². The Hall–Kier alpha value is -13.9. The van der Waals surface area contributed by atoms with Crippen molar-refractivity contribution in [1.82, 2.24) is 25.2 Å². The highest BCUT2D eigenvalue weighted by atomic mass is 19.4. The van der Waals surface area contributed by atoms with Crippen LogP contribution < -0.4 is 48.1 Å². The summed E-state index contributed by atoms with van der Waals surface area (Å²) in [5.41, 5.74) is -1.98. The Balaban J connectivity index is 0.974. The van der Waals surface area contributed by atoms with Gasteiger partial charge in [0.15, 0.2) is 6.54 Å². The number of benzene rings is 13. The summed E-state index contributed by atoms with van der Waals surface area (Å²) in [7, 11) is 0. The van der Waals surface area contributed by atoms with Gasteiger partial charge >= 0.3 is 24.7 Å². The van der Waals surface area contributed by atoms with Crippen molar-refractivity contribution >= 4 is 56.2 Å². The molecule has 13 aromatic carbocycles. The number of ether oxygens (including phenoxy) is 6. The first-order valence-corrected chi connectivity index (χ1v) is 37.3. The molecule has 14 nitrogen and oxygen atoms in total. The van der Waals surface area contributed by atoms with Crippen LogP contribution in [0.3, 0.4) is 0 Å². The second kappa shape index (κ2) is 34.3. The SMILES string of the molecule is Fc1cccc(OCC(COc2cccc(C(F)(F)F)c2)(COc2cccc(C(F)(F)F)c2)Cn2nc3c(-c4ccc(N(c5ccccc5)c5ccccc5)cc4)c4n[n+](CC(COc5cccc(F)c5)(COc5cccc(C(F)(F)F)c5)COc5cccc(C(F)(F)F)c5)[n-]c4c(-c4ccc(N(c5ccccc5)c5ccccc5)cc4)c3n2)c1. The molecule has 15 rings (SSSR count). The van der Waals surface area contributed by atoms with Crippen molar-refractivity contribution in [3.05, 3.63) is 349 Å². The lowest BCUT2D eigenvalue weighted by molar-refractivity contribution is -0.814. The van der Waals surface area contributed by atoms with Crippen LogP contribution in [0.4, 0.5) is 95.6 Å². The highest BCUT2D eigenvalue weighted by Gasteiger charge is 2.43. The van der Waals surface area contributed by atoms with Gasteiger partial charge in [-0.15, -0.1) is 0 Å². The quantitative estimate of drug-likeness (QED) is 0.0314. The van der Waals surface area contributed by atoms with Crippen LogP contribution in [0.1, 0.15) is 22.3 Å². The summed E-state index contributed by atoms with van der Waals surface area (Å²) in [4.78, 5) is 6.48. The van der Waals surface area contributed by atoms with Gasteiger partial charge in [0, 0.05) is 68.4 Å². The van der Waals surface area contributed by atoms with Gasteiger partial charge in [0.05, 0.1) is 34.2 Å². The van der Waals surface area contributed by atoms with Crippen molar-refractivity contribution < 1.29 is 94.7 Å². The molecule has 0 bridgehead atoms. The highest BCUT2D eigenvalue weighted by Crippen LogP contribution is 2.46. The van der Waals surface area contributed by atoms with Gasteiger partial charge in [-0.05, 0) is 181 Å². The maximum Gasteiger partial charge on any atom is 0.416 e. The molecule has 120 heavy (non-hydrogen) atoms. The van der Waals surface area contributed by atoms with Crippen LogP contribution in [0.2, 0.25) is 0 Å². The highest BCUT2D eigenvalue weighted by molar-refractivity contribution is 6.16. The van der Waals surface area contributed by atoms with Crippen molar-refractivity contribution in [1.29, 1.82) is 0 Å². The van der Waals surface area contributed by atoms with E-state index in [-0.39, 0.29) is 67.7 Å². The molecule has 2 heterocycles. The van der Waals surface area contributed by atoms with E-state index in [2.05, 4.69) is 0 Å². The first-order valence-electron chi connectivity index (χ1n) is 37.3. The van der Waals surface area contributed by atoms with Crippen LogP contribution in [0.5, 0.6) is 34.5 Å². The Kier molecular flexibility index (Phi) is 23.2. The smallest absolute Gasteiger partial charge is 0.416 e. The van der Waals surface area contributed by atoms with E-state index >= 15 is 8.78 Å². The average molecular weight is 1650 g/mol. The minimum absolute atomic E-state index is 0.0538. The molecule has 2 aromatic heterocycles. The maximum atomic E-state index is 15.2. The van der Waals surface area contributed by atoms with E-state index in [4.69, 9.17) is 48.8 Å². The summed E-state index contributed by atoms with van der Waals surface area (Å²) in [5.74, 6) is -2.77. The maximum absolute atomic E-state index is 15.2. The molecule has 0 saturated heterocycles. The first-order chi connectivity index (χ1) is 57.7. The Morgan fingerprint density at radius 3 is 0.900 bits per heavy atom. The molecule has 0 fully saturated rings. The molecule has 0 aliphatic carbocycles. The van der Waals surface area contributed by atoms with Gasteiger partial charge in [-0.2, -0.15) is 82.7 Å². The van der Waals surface area contributed by atoms with Crippen LogP contribution in [0.15, 0.2) is 315 Å². The van der Waals surface area contributed by atoms with E-state index in [1.165, 1.54) is 58.1 Å². The number of para-hydroxylation sites is 4. The van der Waals surface area contributed by atoms with Gasteiger partial charge in [0.2, 0.25) is 0 Å².